The fourth-order valence-corrected chi connectivity index (χ4v) is 2.50. The van der Waals surface area contributed by atoms with Gasteiger partial charge in [-0.15, -0.1) is 0 Å². The van der Waals surface area contributed by atoms with Crippen LogP contribution in [-0.4, -0.2) is 15.1 Å². The van der Waals surface area contributed by atoms with Gasteiger partial charge >= 0.3 is 0 Å². The molecule has 0 fully saturated rings. The zero-order valence-corrected chi connectivity index (χ0v) is 12.1. The SMILES string of the molecule is OC(Cc1ncc[nH]1)c1cc(I)ccc1Br. The van der Waals surface area contributed by atoms with Gasteiger partial charge in [0.2, 0.25) is 0 Å². The van der Waals surface area contributed by atoms with E-state index >= 15 is 0 Å². The number of aliphatic hydroxyl groups excluding tert-OH is 1. The Morgan fingerprint density at radius 1 is 1.50 bits per heavy atom. The number of benzene rings is 1. The number of hydrogen-bond donors (Lipinski definition) is 2. The number of H-pyrrole nitrogens is 1. The van der Waals surface area contributed by atoms with Gasteiger partial charge in [-0.25, -0.2) is 4.98 Å². The first-order chi connectivity index (χ1) is 7.66. The van der Waals surface area contributed by atoms with Crippen molar-refractivity contribution in [1.29, 1.82) is 0 Å². The molecule has 1 aromatic carbocycles. The first-order valence-electron chi connectivity index (χ1n) is 4.78. The van der Waals surface area contributed by atoms with E-state index in [4.69, 9.17) is 0 Å². The summed E-state index contributed by atoms with van der Waals surface area (Å²) in [7, 11) is 0. The Bertz CT molecular complexity index is 473. The van der Waals surface area contributed by atoms with E-state index in [1.807, 2.05) is 18.2 Å². The Balaban J connectivity index is 2.20. The van der Waals surface area contributed by atoms with Gasteiger partial charge in [-0.3, -0.25) is 0 Å². The molecular weight excluding hydrogens is 383 g/mol. The third-order valence-electron chi connectivity index (χ3n) is 2.26. The van der Waals surface area contributed by atoms with Gasteiger partial charge in [0.1, 0.15) is 5.82 Å². The maximum atomic E-state index is 10.1. The maximum Gasteiger partial charge on any atom is 0.108 e. The largest absolute Gasteiger partial charge is 0.388 e. The lowest BCUT2D eigenvalue weighted by atomic mass is 10.1. The van der Waals surface area contributed by atoms with Crippen molar-refractivity contribution in [2.75, 3.05) is 0 Å². The first kappa shape index (κ1) is 12.1. The summed E-state index contributed by atoms with van der Waals surface area (Å²) >= 11 is 5.67. The summed E-state index contributed by atoms with van der Waals surface area (Å²) in [5.41, 5.74) is 0.892. The van der Waals surface area contributed by atoms with E-state index in [-0.39, 0.29) is 0 Å². The lowest BCUT2D eigenvalue weighted by molar-refractivity contribution is 0.175. The Kier molecular flexibility index (Phi) is 3.99. The molecule has 1 unspecified atom stereocenters. The lowest BCUT2D eigenvalue weighted by Gasteiger charge is -2.11. The van der Waals surface area contributed by atoms with Crippen LogP contribution in [-0.2, 0) is 6.42 Å². The zero-order valence-electron chi connectivity index (χ0n) is 8.32. The molecule has 0 aliphatic heterocycles. The molecule has 84 valence electrons. The second-order valence-corrected chi connectivity index (χ2v) is 5.52. The molecule has 16 heavy (non-hydrogen) atoms. The van der Waals surface area contributed by atoms with Crippen molar-refractivity contribution in [2.45, 2.75) is 12.5 Å². The zero-order chi connectivity index (χ0) is 11.5. The van der Waals surface area contributed by atoms with E-state index in [2.05, 4.69) is 48.5 Å². The Morgan fingerprint density at radius 2 is 2.31 bits per heavy atom. The molecule has 2 aromatic rings. The van der Waals surface area contributed by atoms with Gasteiger partial charge in [-0.05, 0) is 46.4 Å². The highest BCUT2D eigenvalue weighted by Gasteiger charge is 2.13. The molecule has 0 saturated carbocycles. The van der Waals surface area contributed by atoms with E-state index in [1.165, 1.54) is 0 Å². The average molecular weight is 393 g/mol. The predicted octanol–water partition coefficient (Wildman–Crippen LogP) is 3.05. The Morgan fingerprint density at radius 3 is 3.00 bits per heavy atom. The monoisotopic (exact) mass is 392 g/mol. The van der Waals surface area contributed by atoms with Crippen LogP contribution in [0.15, 0.2) is 35.1 Å². The highest BCUT2D eigenvalue weighted by molar-refractivity contribution is 14.1. The number of hydrogen-bond acceptors (Lipinski definition) is 2. The van der Waals surface area contributed by atoms with Crippen molar-refractivity contribution in [3.05, 3.63) is 50.0 Å². The number of rotatable bonds is 3. The van der Waals surface area contributed by atoms with E-state index in [0.717, 1.165) is 19.4 Å². The van der Waals surface area contributed by atoms with E-state index in [9.17, 15) is 5.11 Å². The van der Waals surface area contributed by atoms with Gasteiger partial charge in [0.15, 0.2) is 0 Å². The molecule has 1 heterocycles. The van der Waals surface area contributed by atoms with Gasteiger partial charge in [0.25, 0.3) is 0 Å². The van der Waals surface area contributed by atoms with Crippen LogP contribution in [0, 0.1) is 3.57 Å². The average Bonchev–Trinajstić information content (AvgIpc) is 2.74. The Hall–Kier alpha value is -0.400. The van der Waals surface area contributed by atoms with Crippen LogP contribution in [0.2, 0.25) is 0 Å². The minimum Gasteiger partial charge on any atom is -0.388 e. The van der Waals surface area contributed by atoms with Crippen molar-refractivity contribution >= 4 is 38.5 Å². The van der Waals surface area contributed by atoms with Gasteiger partial charge in [-0.1, -0.05) is 15.9 Å². The molecule has 0 saturated heterocycles. The van der Waals surface area contributed by atoms with E-state index < -0.39 is 6.10 Å². The van der Waals surface area contributed by atoms with Crippen molar-refractivity contribution in [1.82, 2.24) is 9.97 Å². The van der Waals surface area contributed by atoms with E-state index in [1.54, 1.807) is 12.4 Å². The fraction of sp³-hybridized carbons (Fsp3) is 0.182. The molecule has 0 radical (unpaired) electrons. The topological polar surface area (TPSA) is 48.9 Å². The third kappa shape index (κ3) is 2.83. The molecule has 3 nitrogen and oxygen atoms in total. The summed E-state index contributed by atoms with van der Waals surface area (Å²) in [6.07, 6.45) is 3.39. The van der Waals surface area contributed by atoms with Crippen molar-refractivity contribution in [2.24, 2.45) is 0 Å². The summed E-state index contributed by atoms with van der Waals surface area (Å²) in [5.74, 6) is 0.790. The number of aliphatic hydroxyl groups is 1. The van der Waals surface area contributed by atoms with Crippen molar-refractivity contribution in [3.63, 3.8) is 0 Å². The number of aromatic amines is 1. The first-order valence-corrected chi connectivity index (χ1v) is 6.65. The van der Waals surface area contributed by atoms with Crippen LogP contribution in [0.4, 0.5) is 0 Å². The van der Waals surface area contributed by atoms with Gasteiger partial charge in [-0.2, -0.15) is 0 Å². The lowest BCUT2D eigenvalue weighted by Crippen LogP contribution is -2.04. The number of aromatic nitrogens is 2. The molecule has 2 rings (SSSR count). The van der Waals surface area contributed by atoms with Crippen molar-refractivity contribution < 1.29 is 5.11 Å². The van der Waals surface area contributed by atoms with Crippen LogP contribution in [0.3, 0.4) is 0 Å². The van der Waals surface area contributed by atoms with Crippen LogP contribution in [0.25, 0.3) is 0 Å². The van der Waals surface area contributed by atoms with Crippen LogP contribution >= 0.6 is 38.5 Å². The molecular formula is C11H10BrIN2O. The molecule has 0 bridgehead atoms. The smallest absolute Gasteiger partial charge is 0.108 e. The molecule has 1 atom stereocenters. The molecule has 1 aromatic heterocycles. The fourth-order valence-electron chi connectivity index (χ4n) is 1.47. The second kappa shape index (κ2) is 5.29. The van der Waals surface area contributed by atoms with Crippen LogP contribution < -0.4 is 0 Å². The van der Waals surface area contributed by atoms with Gasteiger partial charge in [0.05, 0.1) is 6.10 Å². The molecule has 2 N–H and O–H groups in total. The molecule has 0 amide bonds. The summed E-state index contributed by atoms with van der Waals surface area (Å²) in [6, 6.07) is 5.91. The Labute approximate surface area is 116 Å². The highest BCUT2D eigenvalue weighted by atomic mass is 127. The standard InChI is InChI=1S/C11H10BrIN2O/c12-9-2-1-7(13)5-8(9)10(16)6-11-14-3-4-15-11/h1-5,10,16H,6H2,(H,14,15). The van der Waals surface area contributed by atoms with E-state index in [0.29, 0.717) is 6.42 Å². The van der Waals surface area contributed by atoms with Crippen molar-refractivity contribution in [3.8, 4) is 0 Å². The number of nitrogens with zero attached hydrogens (tertiary/aromatic N) is 1. The number of imidazole rings is 1. The predicted molar refractivity (Wildman–Crippen MR) is 74.1 cm³/mol. The number of nitrogens with one attached hydrogen (secondary N) is 1. The quantitative estimate of drug-likeness (QED) is 0.788. The second-order valence-electron chi connectivity index (χ2n) is 3.42. The minimum atomic E-state index is -0.546. The molecule has 0 spiro atoms. The van der Waals surface area contributed by atoms with Gasteiger partial charge in [0, 0.05) is 26.9 Å². The molecule has 0 aliphatic rings. The minimum absolute atomic E-state index is 0.492. The normalized spacial score (nSPS) is 12.7. The summed E-state index contributed by atoms with van der Waals surface area (Å²) in [5, 5.41) is 10.1. The molecule has 0 aliphatic carbocycles. The summed E-state index contributed by atoms with van der Waals surface area (Å²) < 4.78 is 2.03. The van der Waals surface area contributed by atoms with Crippen LogP contribution in [0.5, 0.6) is 0 Å². The van der Waals surface area contributed by atoms with Crippen LogP contribution in [0.1, 0.15) is 17.5 Å². The number of halogens is 2. The summed E-state index contributed by atoms with van der Waals surface area (Å²) in [6.45, 7) is 0. The highest BCUT2D eigenvalue weighted by Crippen LogP contribution is 2.27. The van der Waals surface area contributed by atoms with Gasteiger partial charge < -0.3 is 10.1 Å². The maximum absolute atomic E-state index is 10.1. The third-order valence-corrected chi connectivity index (χ3v) is 3.65. The summed E-state index contributed by atoms with van der Waals surface area (Å²) in [4.78, 5) is 7.08. The molecule has 5 heteroatoms.